The Balaban J connectivity index is 1.63. The molecule has 128 valence electrons. The fourth-order valence-corrected chi connectivity index (χ4v) is 3.25. The van der Waals surface area contributed by atoms with E-state index in [1.807, 2.05) is 30.3 Å². The highest BCUT2D eigenvalue weighted by atomic mass is 16.5. The number of hydrogen-bond donors (Lipinski definition) is 2. The number of aliphatic hydroxyl groups excluding tert-OH is 1. The molecule has 1 atom stereocenters. The van der Waals surface area contributed by atoms with Crippen molar-refractivity contribution in [3.8, 4) is 5.75 Å². The molecule has 24 heavy (non-hydrogen) atoms. The van der Waals surface area contributed by atoms with Crippen molar-refractivity contribution in [1.29, 1.82) is 0 Å². The number of aliphatic hydroxyl groups is 1. The first-order valence-electron chi connectivity index (χ1n) is 8.32. The first-order chi connectivity index (χ1) is 11.7. The second-order valence-electron chi connectivity index (χ2n) is 6.40. The van der Waals surface area contributed by atoms with Crippen LogP contribution in [-0.4, -0.2) is 41.4 Å². The van der Waals surface area contributed by atoms with Gasteiger partial charge in [0.15, 0.2) is 0 Å². The summed E-state index contributed by atoms with van der Waals surface area (Å²) in [5.41, 5.74) is 5.59. The minimum atomic E-state index is -0.174. The van der Waals surface area contributed by atoms with Gasteiger partial charge in [-0.1, -0.05) is 18.2 Å². The van der Waals surface area contributed by atoms with Crippen LogP contribution in [0.5, 0.6) is 5.75 Å². The van der Waals surface area contributed by atoms with E-state index in [1.54, 1.807) is 6.07 Å². The molecule has 1 aromatic carbocycles. The van der Waals surface area contributed by atoms with E-state index in [-0.39, 0.29) is 12.0 Å². The standard InChI is InChI=1S/C18H24N4O2/c19-16-11-17(21-14-20-16)22-9-4-7-18(12-22,13-23)8-10-24-15-5-2-1-3-6-15/h1-3,5-6,11,14,23H,4,7-10,12-13H2,(H2,19,20,21)/t18-/m1/s1. The maximum Gasteiger partial charge on any atom is 0.134 e. The minimum Gasteiger partial charge on any atom is -0.494 e. The van der Waals surface area contributed by atoms with Gasteiger partial charge in [0.1, 0.15) is 23.7 Å². The average molecular weight is 328 g/mol. The molecule has 6 heteroatoms. The molecule has 3 N–H and O–H groups in total. The molecule has 2 heterocycles. The van der Waals surface area contributed by atoms with Gasteiger partial charge in [-0.15, -0.1) is 0 Å². The van der Waals surface area contributed by atoms with E-state index in [9.17, 15) is 5.11 Å². The van der Waals surface area contributed by atoms with Crippen molar-refractivity contribution in [2.45, 2.75) is 19.3 Å². The molecule has 0 aliphatic carbocycles. The van der Waals surface area contributed by atoms with Crippen LogP contribution in [0.15, 0.2) is 42.7 Å². The fourth-order valence-electron chi connectivity index (χ4n) is 3.25. The molecule has 1 aliphatic heterocycles. The lowest BCUT2D eigenvalue weighted by Crippen LogP contribution is -2.46. The number of nitrogen functional groups attached to an aromatic ring is 1. The molecular formula is C18H24N4O2. The van der Waals surface area contributed by atoms with Crippen LogP contribution in [0, 0.1) is 5.41 Å². The lowest BCUT2D eigenvalue weighted by atomic mass is 9.78. The molecule has 0 saturated carbocycles. The Morgan fingerprint density at radius 3 is 2.83 bits per heavy atom. The van der Waals surface area contributed by atoms with Crippen molar-refractivity contribution < 1.29 is 9.84 Å². The van der Waals surface area contributed by atoms with Crippen LogP contribution in [0.25, 0.3) is 0 Å². The Kier molecular flexibility index (Phi) is 5.15. The number of benzene rings is 1. The highest BCUT2D eigenvalue weighted by Crippen LogP contribution is 2.35. The Labute approximate surface area is 142 Å². The topological polar surface area (TPSA) is 84.5 Å². The molecule has 6 nitrogen and oxygen atoms in total. The lowest BCUT2D eigenvalue weighted by molar-refractivity contribution is 0.0792. The van der Waals surface area contributed by atoms with E-state index in [2.05, 4.69) is 14.9 Å². The number of nitrogens with zero attached hydrogens (tertiary/aromatic N) is 3. The highest BCUT2D eigenvalue weighted by molar-refractivity contribution is 5.46. The summed E-state index contributed by atoms with van der Waals surface area (Å²) in [5.74, 6) is 2.15. The van der Waals surface area contributed by atoms with Crippen LogP contribution >= 0.6 is 0 Å². The Bertz CT molecular complexity index is 652. The van der Waals surface area contributed by atoms with Gasteiger partial charge in [0.05, 0.1) is 13.2 Å². The maximum atomic E-state index is 10.0. The summed E-state index contributed by atoms with van der Waals surface area (Å²) in [7, 11) is 0. The number of para-hydroxylation sites is 1. The van der Waals surface area contributed by atoms with Gasteiger partial charge in [0.2, 0.25) is 0 Å². The first-order valence-corrected chi connectivity index (χ1v) is 8.32. The Morgan fingerprint density at radius 2 is 2.08 bits per heavy atom. The molecule has 0 unspecified atom stereocenters. The number of rotatable bonds is 6. The molecule has 1 fully saturated rings. The normalized spacial score (nSPS) is 20.8. The Hall–Kier alpha value is -2.34. The summed E-state index contributed by atoms with van der Waals surface area (Å²) in [6, 6.07) is 11.6. The van der Waals surface area contributed by atoms with Crippen LogP contribution in [0.2, 0.25) is 0 Å². The zero-order chi connectivity index (χ0) is 16.8. The van der Waals surface area contributed by atoms with Crippen LogP contribution in [-0.2, 0) is 0 Å². The summed E-state index contributed by atoms with van der Waals surface area (Å²) >= 11 is 0. The molecule has 0 spiro atoms. The summed E-state index contributed by atoms with van der Waals surface area (Å²) in [4.78, 5) is 10.4. The zero-order valence-electron chi connectivity index (χ0n) is 13.8. The van der Waals surface area contributed by atoms with Crippen LogP contribution in [0.4, 0.5) is 11.6 Å². The van der Waals surface area contributed by atoms with Crippen molar-refractivity contribution in [3.05, 3.63) is 42.7 Å². The molecule has 0 radical (unpaired) electrons. The van der Waals surface area contributed by atoms with E-state index >= 15 is 0 Å². The SMILES string of the molecule is Nc1cc(N2CCC[C@@](CO)(CCOc3ccccc3)C2)ncn1. The predicted molar refractivity (Wildman–Crippen MR) is 94.0 cm³/mol. The van der Waals surface area contributed by atoms with Crippen molar-refractivity contribution in [3.63, 3.8) is 0 Å². The lowest BCUT2D eigenvalue weighted by Gasteiger charge is -2.42. The largest absolute Gasteiger partial charge is 0.494 e. The van der Waals surface area contributed by atoms with Gasteiger partial charge in [0, 0.05) is 24.6 Å². The maximum absolute atomic E-state index is 10.0. The molecule has 0 amide bonds. The van der Waals surface area contributed by atoms with E-state index < -0.39 is 0 Å². The molecule has 2 aromatic rings. The van der Waals surface area contributed by atoms with Crippen molar-refractivity contribution in [2.24, 2.45) is 5.41 Å². The summed E-state index contributed by atoms with van der Waals surface area (Å²) in [6.45, 7) is 2.39. The number of ether oxygens (including phenoxy) is 1. The third-order valence-electron chi connectivity index (χ3n) is 4.64. The zero-order valence-corrected chi connectivity index (χ0v) is 13.8. The second kappa shape index (κ2) is 7.49. The van der Waals surface area contributed by atoms with Gasteiger partial charge in [-0.3, -0.25) is 0 Å². The quantitative estimate of drug-likeness (QED) is 0.845. The van der Waals surface area contributed by atoms with Gasteiger partial charge in [0.25, 0.3) is 0 Å². The molecule has 1 aromatic heterocycles. The smallest absolute Gasteiger partial charge is 0.134 e. The van der Waals surface area contributed by atoms with Gasteiger partial charge in [-0.05, 0) is 31.4 Å². The number of hydrogen-bond acceptors (Lipinski definition) is 6. The van der Waals surface area contributed by atoms with Gasteiger partial charge < -0.3 is 20.5 Å². The monoisotopic (exact) mass is 328 g/mol. The van der Waals surface area contributed by atoms with E-state index in [0.717, 1.165) is 43.9 Å². The number of nitrogens with two attached hydrogens (primary N) is 1. The van der Waals surface area contributed by atoms with Gasteiger partial charge >= 0.3 is 0 Å². The minimum absolute atomic E-state index is 0.141. The summed E-state index contributed by atoms with van der Waals surface area (Å²) in [5, 5.41) is 10.0. The number of aromatic nitrogens is 2. The average Bonchev–Trinajstić information content (AvgIpc) is 2.63. The van der Waals surface area contributed by atoms with Crippen molar-refractivity contribution in [1.82, 2.24) is 9.97 Å². The predicted octanol–water partition coefficient (Wildman–Crippen LogP) is 2.11. The molecule has 1 saturated heterocycles. The van der Waals surface area contributed by atoms with Crippen LogP contribution in [0.3, 0.4) is 0 Å². The number of anilines is 2. The second-order valence-corrected chi connectivity index (χ2v) is 6.40. The Morgan fingerprint density at radius 1 is 1.25 bits per heavy atom. The van der Waals surface area contributed by atoms with Gasteiger partial charge in [-0.2, -0.15) is 0 Å². The fraction of sp³-hybridized carbons (Fsp3) is 0.444. The summed E-state index contributed by atoms with van der Waals surface area (Å²) in [6.07, 6.45) is 4.28. The first kappa shape index (κ1) is 16.5. The third kappa shape index (κ3) is 3.94. The molecular weight excluding hydrogens is 304 g/mol. The van der Waals surface area contributed by atoms with E-state index in [4.69, 9.17) is 10.5 Å². The van der Waals surface area contributed by atoms with Crippen LogP contribution < -0.4 is 15.4 Å². The summed E-state index contributed by atoms with van der Waals surface area (Å²) < 4.78 is 5.82. The molecule has 1 aliphatic rings. The van der Waals surface area contributed by atoms with E-state index in [0.29, 0.717) is 12.4 Å². The van der Waals surface area contributed by atoms with Crippen molar-refractivity contribution in [2.75, 3.05) is 36.9 Å². The van der Waals surface area contributed by atoms with Crippen LogP contribution in [0.1, 0.15) is 19.3 Å². The highest BCUT2D eigenvalue weighted by Gasteiger charge is 2.35. The van der Waals surface area contributed by atoms with Gasteiger partial charge in [-0.25, -0.2) is 9.97 Å². The number of piperidine rings is 1. The third-order valence-corrected chi connectivity index (χ3v) is 4.64. The van der Waals surface area contributed by atoms with E-state index in [1.165, 1.54) is 6.33 Å². The molecule has 0 bridgehead atoms. The molecule has 3 rings (SSSR count). The van der Waals surface area contributed by atoms with Crippen molar-refractivity contribution >= 4 is 11.6 Å².